The van der Waals surface area contributed by atoms with Gasteiger partial charge in [0.15, 0.2) is 0 Å². The van der Waals surface area contributed by atoms with Crippen LogP contribution in [0.15, 0.2) is 24.3 Å². The van der Waals surface area contributed by atoms with Crippen molar-refractivity contribution in [2.75, 3.05) is 7.11 Å². The summed E-state index contributed by atoms with van der Waals surface area (Å²) in [6.07, 6.45) is 6.61. The van der Waals surface area contributed by atoms with Gasteiger partial charge >= 0.3 is 0 Å². The van der Waals surface area contributed by atoms with E-state index in [1.165, 1.54) is 31.2 Å². The predicted molar refractivity (Wildman–Crippen MR) is 68.2 cm³/mol. The van der Waals surface area contributed by atoms with Gasteiger partial charge in [0.25, 0.3) is 0 Å². The molecule has 1 aliphatic rings. The van der Waals surface area contributed by atoms with Crippen LogP contribution in [0.4, 0.5) is 0 Å². The first-order valence-electron chi connectivity index (χ1n) is 6.07. The average Bonchev–Trinajstić information content (AvgIpc) is 2.82. The van der Waals surface area contributed by atoms with Crippen LogP contribution in [0, 0.1) is 5.92 Å². The third-order valence-corrected chi connectivity index (χ3v) is 3.92. The second kappa shape index (κ2) is 5.58. The van der Waals surface area contributed by atoms with Gasteiger partial charge in [0.1, 0.15) is 5.75 Å². The highest BCUT2D eigenvalue weighted by Gasteiger charge is 2.19. The van der Waals surface area contributed by atoms with E-state index in [0.717, 1.165) is 18.1 Å². The van der Waals surface area contributed by atoms with Crippen LogP contribution in [0.1, 0.15) is 43.0 Å². The lowest BCUT2D eigenvalue weighted by atomic mass is 9.98. The maximum absolute atomic E-state index is 6.44. The largest absolute Gasteiger partial charge is 0.497 e. The Labute approximate surface area is 103 Å². The van der Waals surface area contributed by atoms with Crippen molar-refractivity contribution < 1.29 is 4.74 Å². The molecule has 1 nitrogen and oxygen atoms in total. The quantitative estimate of drug-likeness (QED) is 0.699. The Balaban J connectivity index is 1.94. The van der Waals surface area contributed by atoms with Crippen molar-refractivity contribution in [1.29, 1.82) is 0 Å². The molecule has 1 aliphatic carbocycles. The molecule has 0 radical (unpaired) electrons. The Morgan fingerprint density at radius 2 is 1.88 bits per heavy atom. The molecule has 1 atom stereocenters. The molecule has 1 fully saturated rings. The van der Waals surface area contributed by atoms with Gasteiger partial charge in [0.2, 0.25) is 0 Å². The summed E-state index contributed by atoms with van der Waals surface area (Å²) < 4.78 is 5.14. The van der Waals surface area contributed by atoms with E-state index in [4.69, 9.17) is 16.3 Å². The third-order valence-electron chi connectivity index (χ3n) is 3.49. The SMILES string of the molecule is COc1ccc(C(Cl)CC2CCCC2)cc1. The van der Waals surface area contributed by atoms with Crippen LogP contribution in [-0.2, 0) is 0 Å². The normalized spacial score (nSPS) is 18.6. The lowest BCUT2D eigenvalue weighted by molar-refractivity contribution is 0.414. The summed E-state index contributed by atoms with van der Waals surface area (Å²) in [7, 11) is 1.69. The molecule has 0 aromatic heterocycles. The van der Waals surface area contributed by atoms with Crippen LogP contribution >= 0.6 is 11.6 Å². The Morgan fingerprint density at radius 1 is 1.25 bits per heavy atom. The summed E-state index contributed by atoms with van der Waals surface area (Å²) >= 11 is 6.44. The summed E-state index contributed by atoms with van der Waals surface area (Å²) in [6.45, 7) is 0. The number of methoxy groups -OCH3 is 1. The molecule has 0 bridgehead atoms. The van der Waals surface area contributed by atoms with E-state index in [1.807, 2.05) is 12.1 Å². The molecule has 1 saturated carbocycles. The fraction of sp³-hybridized carbons (Fsp3) is 0.571. The van der Waals surface area contributed by atoms with Crippen molar-refractivity contribution in [3.05, 3.63) is 29.8 Å². The van der Waals surface area contributed by atoms with Crippen LogP contribution in [0.2, 0.25) is 0 Å². The van der Waals surface area contributed by atoms with Crippen LogP contribution in [0.25, 0.3) is 0 Å². The van der Waals surface area contributed by atoms with E-state index in [0.29, 0.717) is 0 Å². The smallest absolute Gasteiger partial charge is 0.118 e. The maximum Gasteiger partial charge on any atom is 0.118 e. The first kappa shape index (κ1) is 11.8. The molecule has 0 heterocycles. The average molecular weight is 239 g/mol. The summed E-state index contributed by atoms with van der Waals surface area (Å²) in [5.41, 5.74) is 1.22. The minimum atomic E-state index is 0.161. The van der Waals surface area contributed by atoms with Crippen molar-refractivity contribution >= 4 is 11.6 Å². The standard InChI is InChI=1S/C14H19ClO/c1-16-13-8-6-12(7-9-13)14(15)10-11-4-2-3-5-11/h6-9,11,14H,2-5,10H2,1H3. The number of rotatable bonds is 4. The van der Waals surface area contributed by atoms with Gasteiger partial charge in [-0.25, -0.2) is 0 Å². The number of benzene rings is 1. The number of hydrogen-bond donors (Lipinski definition) is 0. The highest BCUT2D eigenvalue weighted by Crippen LogP contribution is 2.36. The van der Waals surface area contributed by atoms with Gasteiger partial charge in [0.05, 0.1) is 12.5 Å². The second-order valence-corrected chi connectivity index (χ2v) is 5.15. The third kappa shape index (κ3) is 2.91. The van der Waals surface area contributed by atoms with Gasteiger partial charge in [-0.05, 0) is 30.0 Å². The summed E-state index contributed by atoms with van der Waals surface area (Å²) in [6, 6.07) is 8.12. The topological polar surface area (TPSA) is 9.23 Å². The zero-order valence-electron chi connectivity index (χ0n) is 9.79. The summed E-state index contributed by atoms with van der Waals surface area (Å²) in [5, 5.41) is 0.161. The molecule has 2 rings (SSSR count). The lowest BCUT2D eigenvalue weighted by Crippen LogP contribution is -1.99. The zero-order chi connectivity index (χ0) is 11.4. The van der Waals surface area contributed by atoms with E-state index >= 15 is 0 Å². The molecule has 1 unspecified atom stereocenters. The second-order valence-electron chi connectivity index (χ2n) is 4.63. The molecule has 2 heteroatoms. The molecule has 88 valence electrons. The number of halogens is 1. The minimum absolute atomic E-state index is 0.161. The Morgan fingerprint density at radius 3 is 2.44 bits per heavy atom. The molecule has 1 aromatic rings. The first-order chi connectivity index (χ1) is 7.79. The molecular formula is C14H19ClO. The molecule has 0 N–H and O–H groups in total. The van der Waals surface area contributed by atoms with Crippen LogP contribution in [0.5, 0.6) is 5.75 Å². The number of alkyl halides is 1. The van der Waals surface area contributed by atoms with Gasteiger partial charge in [0, 0.05) is 0 Å². The van der Waals surface area contributed by atoms with Crippen LogP contribution < -0.4 is 4.74 Å². The zero-order valence-corrected chi connectivity index (χ0v) is 10.5. The van der Waals surface area contributed by atoms with Gasteiger partial charge in [-0.2, -0.15) is 0 Å². The first-order valence-corrected chi connectivity index (χ1v) is 6.51. The fourth-order valence-electron chi connectivity index (χ4n) is 2.49. The molecular weight excluding hydrogens is 220 g/mol. The maximum atomic E-state index is 6.44. The van der Waals surface area contributed by atoms with E-state index in [9.17, 15) is 0 Å². The van der Waals surface area contributed by atoms with E-state index in [-0.39, 0.29) is 5.38 Å². The van der Waals surface area contributed by atoms with Crippen molar-refractivity contribution in [3.8, 4) is 5.75 Å². The number of ether oxygens (including phenoxy) is 1. The highest BCUT2D eigenvalue weighted by molar-refractivity contribution is 6.20. The molecule has 1 aromatic carbocycles. The van der Waals surface area contributed by atoms with E-state index in [2.05, 4.69) is 12.1 Å². The van der Waals surface area contributed by atoms with Crippen molar-refractivity contribution in [2.24, 2.45) is 5.92 Å². The minimum Gasteiger partial charge on any atom is -0.497 e. The lowest BCUT2D eigenvalue weighted by Gasteiger charge is -2.15. The Hall–Kier alpha value is -0.690. The van der Waals surface area contributed by atoms with Gasteiger partial charge in [-0.1, -0.05) is 37.8 Å². The van der Waals surface area contributed by atoms with Crippen LogP contribution in [-0.4, -0.2) is 7.11 Å². The van der Waals surface area contributed by atoms with Gasteiger partial charge in [-0.3, -0.25) is 0 Å². The number of hydrogen-bond acceptors (Lipinski definition) is 1. The molecule has 0 saturated heterocycles. The monoisotopic (exact) mass is 238 g/mol. The predicted octanol–water partition coefficient (Wildman–Crippen LogP) is 4.56. The van der Waals surface area contributed by atoms with E-state index in [1.54, 1.807) is 7.11 Å². The van der Waals surface area contributed by atoms with Crippen molar-refractivity contribution in [2.45, 2.75) is 37.5 Å². The Kier molecular flexibility index (Phi) is 4.11. The van der Waals surface area contributed by atoms with Crippen molar-refractivity contribution in [1.82, 2.24) is 0 Å². The van der Waals surface area contributed by atoms with Crippen molar-refractivity contribution in [3.63, 3.8) is 0 Å². The molecule has 0 amide bonds. The summed E-state index contributed by atoms with van der Waals surface area (Å²) in [4.78, 5) is 0. The molecule has 0 aliphatic heterocycles. The van der Waals surface area contributed by atoms with Gasteiger partial charge in [-0.15, -0.1) is 11.6 Å². The molecule has 0 spiro atoms. The highest BCUT2D eigenvalue weighted by atomic mass is 35.5. The van der Waals surface area contributed by atoms with Gasteiger partial charge < -0.3 is 4.74 Å². The summed E-state index contributed by atoms with van der Waals surface area (Å²) in [5.74, 6) is 1.73. The fourth-order valence-corrected chi connectivity index (χ4v) is 2.88. The Bertz CT molecular complexity index is 314. The van der Waals surface area contributed by atoms with Crippen LogP contribution in [0.3, 0.4) is 0 Å². The molecule has 16 heavy (non-hydrogen) atoms. The van der Waals surface area contributed by atoms with E-state index < -0.39 is 0 Å².